The predicted molar refractivity (Wildman–Crippen MR) is 71.6 cm³/mol. The fraction of sp³-hybridized carbons (Fsp3) is 0.500. The molecule has 0 saturated heterocycles. The molecule has 0 fully saturated rings. The van der Waals surface area contributed by atoms with Crippen LogP contribution in [0.4, 0.5) is 0 Å². The quantitative estimate of drug-likeness (QED) is 0.0751. The molecule has 0 rings (SSSR count). The molecule has 0 bridgehead atoms. The van der Waals surface area contributed by atoms with Gasteiger partial charge in [0.25, 0.3) is 12.9 Å². The second kappa shape index (κ2) is 51.4. The van der Waals surface area contributed by atoms with Crippen molar-refractivity contribution in [2.24, 2.45) is 5.16 Å². The average molecular weight is 466 g/mol. The van der Waals surface area contributed by atoms with Crippen LogP contribution in [0.3, 0.4) is 0 Å². The van der Waals surface area contributed by atoms with Gasteiger partial charge in [0.05, 0.1) is 0 Å². The standard InChI is InChI=1S/C5H9NO2.C5H8O2.2CH2O3.ClH.4Na.H/c1-3-5(7)4(2)6-8;1-3-5(7)4(2)6;2*2-1-4-3;;;;;;/h8H,3H2,1-2H3;3H2,1-2H3;2*1,3H;1H;;;;;/q;;;;;4*+1;-1/p-3/b6-4-;;;;;;;;;. The zero-order chi connectivity index (χ0) is 19.3. The number of carbonyl (C=O) groups is 5. The smallest absolute Gasteiger partial charge is 1.00 e. The number of rotatable bonds is 6. The minimum absolute atomic E-state index is 0. The molecule has 0 spiro atoms. The Bertz CT molecular complexity index is 399. The summed E-state index contributed by atoms with van der Waals surface area (Å²) in [5.41, 5.74) is 0.174. The molecule has 0 aromatic heterocycles. The molecule has 0 atom stereocenters. The molecule has 1 N–H and O–H groups in total. The maximum atomic E-state index is 10.5. The van der Waals surface area contributed by atoms with E-state index in [1.165, 1.54) is 13.8 Å². The van der Waals surface area contributed by atoms with Crippen molar-refractivity contribution in [2.45, 2.75) is 40.5 Å². The molecule has 0 saturated carbocycles. The Morgan fingerprint density at radius 2 is 1.14 bits per heavy atom. The summed E-state index contributed by atoms with van der Waals surface area (Å²) in [5.74, 6) is -0.755. The molecular weight excluding hydrogens is 446 g/mol. The first-order chi connectivity index (χ1) is 10.7. The van der Waals surface area contributed by atoms with Gasteiger partial charge < -0.3 is 39.3 Å². The van der Waals surface area contributed by atoms with Gasteiger partial charge in [0.15, 0.2) is 17.3 Å². The molecule has 0 aliphatic rings. The topological polar surface area (TPSA) is 183 Å². The first-order valence-electron chi connectivity index (χ1n) is 5.93. The molecule has 0 heterocycles. The zero-order valence-corrected chi connectivity index (χ0v) is 26.3. The van der Waals surface area contributed by atoms with Gasteiger partial charge in [-0.2, -0.15) is 0 Å². The molecule has 0 aromatic rings. The van der Waals surface area contributed by atoms with Gasteiger partial charge in [0, 0.05) is 19.8 Å². The second-order valence-electron chi connectivity index (χ2n) is 3.18. The Morgan fingerprint density at radius 3 is 1.18 bits per heavy atom. The van der Waals surface area contributed by atoms with E-state index in [1.807, 2.05) is 0 Å². The van der Waals surface area contributed by atoms with Crippen LogP contribution in [0.5, 0.6) is 0 Å². The van der Waals surface area contributed by atoms with Crippen LogP contribution in [0.1, 0.15) is 42.0 Å². The normalized spacial score (nSPS) is 6.86. The molecule has 144 valence electrons. The Morgan fingerprint density at radius 1 is 0.893 bits per heavy atom. The average Bonchev–Trinajstić information content (AvgIpc) is 2.60. The van der Waals surface area contributed by atoms with Crippen LogP contribution in [0.15, 0.2) is 5.16 Å². The molecule has 0 aromatic carbocycles. The van der Waals surface area contributed by atoms with E-state index in [0.29, 0.717) is 12.8 Å². The Kier molecular flexibility index (Phi) is 105. The van der Waals surface area contributed by atoms with Crippen molar-refractivity contribution in [3.8, 4) is 0 Å². The van der Waals surface area contributed by atoms with Crippen LogP contribution in [0, 0.1) is 0 Å². The van der Waals surface area contributed by atoms with E-state index in [0.717, 1.165) is 0 Å². The van der Waals surface area contributed by atoms with E-state index >= 15 is 0 Å². The van der Waals surface area contributed by atoms with Gasteiger partial charge in [-0.15, -0.1) is 0 Å². The summed E-state index contributed by atoms with van der Waals surface area (Å²) in [5, 5.41) is 27.6. The molecule has 0 unspecified atom stereocenters. The van der Waals surface area contributed by atoms with Crippen LogP contribution in [0.2, 0.25) is 0 Å². The van der Waals surface area contributed by atoms with E-state index in [-0.39, 0.29) is 168 Å². The molecule has 0 aliphatic carbocycles. The van der Waals surface area contributed by atoms with Crippen LogP contribution in [-0.2, 0) is 33.7 Å². The number of carbonyl (C=O) groups excluding carboxylic acids is 5. The van der Waals surface area contributed by atoms with Gasteiger partial charge in [0.2, 0.25) is 0 Å². The molecule has 28 heavy (non-hydrogen) atoms. The van der Waals surface area contributed by atoms with E-state index in [4.69, 9.17) is 25.3 Å². The minimum atomic E-state index is -0.345. The van der Waals surface area contributed by atoms with Crippen molar-refractivity contribution in [1.29, 1.82) is 0 Å². The van der Waals surface area contributed by atoms with Gasteiger partial charge in [-0.05, 0) is 6.92 Å². The Balaban J connectivity index is -0.0000000201. The molecule has 0 amide bonds. The molecule has 16 heteroatoms. The number of hydrogen-bond acceptors (Lipinski definition) is 11. The van der Waals surface area contributed by atoms with Crippen LogP contribution in [0.25, 0.3) is 0 Å². The summed E-state index contributed by atoms with van der Waals surface area (Å²) in [7, 11) is 0. The number of nitrogens with zero attached hydrogens (tertiary/aromatic N) is 1. The fourth-order valence-corrected chi connectivity index (χ4v) is 0.561. The Labute approximate surface area is 259 Å². The number of oxime groups is 1. The van der Waals surface area contributed by atoms with Crippen LogP contribution in [-0.4, -0.2) is 41.2 Å². The summed E-state index contributed by atoms with van der Waals surface area (Å²) in [6.45, 7) is 5.79. The van der Waals surface area contributed by atoms with E-state index < -0.39 is 0 Å². The molecule has 0 aliphatic heterocycles. The number of ketones is 3. The summed E-state index contributed by atoms with van der Waals surface area (Å²) < 4.78 is 0. The third-order valence-corrected chi connectivity index (χ3v) is 1.67. The Hall–Kier alpha value is 1.63. The van der Waals surface area contributed by atoms with Gasteiger partial charge >= 0.3 is 118 Å². The van der Waals surface area contributed by atoms with Gasteiger partial charge in [-0.1, -0.05) is 19.0 Å². The summed E-state index contributed by atoms with van der Waals surface area (Å²) in [6.07, 6.45) is 0.727. The van der Waals surface area contributed by atoms with E-state index in [1.54, 1.807) is 13.8 Å². The molecular formula is C12H20ClNNa4O10. The van der Waals surface area contributed by atoms with Gasteiger partial charge in [-0.3, -0.25) is 24.0 Å². The fourth-order valence-electron chi connectivity index (χ4n) is 0.561. The largest absolute Gasteiger partial charge is 1.00 e. The summed E-state index contributed by atoms with van der Waals surface area (Å²) in [6, 6.07) is 0. The van der Waals surface area contributed by atoms with Crippen molar-refractivity contribution in [2.75, 3.05) is 0 Å². The maximum Gasteiger partial charge on any atom is 1.00 e. The van der Waals surface area contributed by atoms with Crippen molar-refractivity contribution in [1.82, 2.24) is 0 Å². The van der Waals surface area contributed by atoms with Crippen molar-refractivity contribution in [3.05, 3.63) is 0 Å². The molecule has 0 radical (unpaired) electrons. The second-order valence-corrected chi connectivity index (χ2v) is 3.18. The third kappa shape index (κ3) is 63.0. The number of hydrogen-bond donors (Lipinski definition) is 1. The first kappa shape index (κ1) is 57.1. The maximum absolute atomic E-state index is 10.5. The molecule has 11 nitrogen and oxygen atoms in total. The van der Waals surface area contributed by atoms with Gasteiger partial charge in [0.1, 0.15) is 5.71 Å². The minimum Gasteiger partial charge on any atom is -1.00 e. The van der Waals surface area contributed by atoms with Crippen molar-refractivity contribution < 1.29 is 182 Å². The number of Topliss-reactive ketones (excluding diaryl/α,β-unsaturated/α-hetero) is 3. The van der Waals surface area contributed by atoms with E-state index in [2.05, 4.69) is 14.9 Å². The van der Waals surface area contributed by atoms with Gasteiger partial charge in [-0.25, -0.2) is 0 Å². The summed E-state index contributed by atoms with van der Waals surface area (Å²) >= 11 is 0. The first-order valence-corrected chi connectivity index (χ1v) is 5.93. The third-order valence-electron chi connectivity index (χ3n) is 1.67. The van der Waals surface area contributed by atoms with Crippen molar-refractivity contribution >= 4 is 36.0 Å². The number of halogens is 1. The SMILES string of the molecule is CCC(=O)/C(C)=N\O.CCC(=O)C(C)=O.O=CO[O-].O=CO[O-].[Cl-].[H-].[Na+].[Na+].[Na+].[Na+]. The summed E-state index contributed by atoms with van der Waals surface area (Å²) in [4.78, 5) is 53.1. The monoisotopic (exact) mass is 465 g/mol. The zero-order valence-electron chi connectivity index (χ0n) is 18.5. The van der Waals surface area contributed by atoms with E-state index in [9.17, 15) is 14.4 Å². The van der Waals surface area contributed by atoms with Crippen LogP contribution >= 0.6 is 0 Å². The van der Waals surface area contributed by atoms with Crippen LogP contribution < -0.4 is 141 Å². The predicted octanol–water partition coefficient (Wildman–Crippen LogP) is -16.6. The van der Waals surface area contributed by atoms with Crippen molar-refractivity contribution in [3.63, 3.8) is 0 Å².